The summed E-state index contributed by atoms with van der Waals surface area (Å²) < 4.78 is 68.9. The van der Waals surface area contributed by atoms with E-state index in [1.165, 1.54) is 12.3 Å². The molecule has 1 fully saturated rings. The van der Waals surface area contributed by atoms with E-state index in [0.29, 0.717) is 22.4 Å². The third kappa shape index (κ3) is 4.36. The molecule has 4 rings (SSSR count). The van der Waals surface area contributed by atoms with Crippen molar-refractivity contribution in [2.75, 3.05) is 25.3 Å². The van der Waals surface area contributed by atoms with Gasteiger partial charge in [-0.3, -0.25) is 0 Å². The van der Waals surface area contributed by atoms with Crippen LogP contribution in [0.3, 0.4) is 0 Å². The average Bonchev–Trinajstić information content (AvgIpc) is 3.15. The Kier molecular flexibility index (Phi) is 5.89. The molecular formula is C23H25F4N4O2P. The molecule has 1 aliphatic rings. The fraction of sp³-hybridized carbons (Fsp3) is 0.391. The van der Waals surface area contributed by atoms with E-state index in [1.807, 2.05) is 0 Å². The van der Waals surface area contributed by atoms with E-state index in [4.69, 9.17) is 0 Å². The first-order valence-corrected chi connectivity index (χ1v) is 13.2. The lowest BCUT2D eigenvalue weighted by atomic mass is 9.66. The van der Waals surface area contributed by atoms with Gasteiger partial charge in [-0.2, -0.15) is 13.2 Å². The highest BCUT2D eigenvalue weighted by atomic mass is 31.2. The fourth-order valence-corrected chi connectivity index (χ4v) is 5.77. The van der Waals surface area contributed by atoms with Crippen molar-refractivity contribution in [3.63, 3.8) is 0 Å². The Morgan fingerprint density at radius 2 is 2.00 bits per heavy atom. The van der Waals surface area contributed by atoms with E-state index in [0.717, 1.165) is 0 Å². The summed E-state index contributed by atoms with van der Waals surface area (Å²) in [5.41, 5.74) is -3.46. The third-order valence-electron chi connectivity index (χ3n) is 6.03. The zero-order valence-corrected chi connectivity index (χ0v) is 19.8. The molecule has 2 heterocycles. The maximum absolute atomic E-state index is 14.7. The molecule has 3 aromatic rings. The second kappa shape index (κ2) is 8.20. The summed E-state index contributed by atoms with van der Waals surface area (Å²) in [6.45, 7) is 4.42. The van der Waals surface area contributed by atoms with Gasteiger partial charge in [-0.05, 0) is 26.3 Å². The molecule has 182 valence electrons. The number of aromatic nitrogens is 3. The van der Waals surface area contributed by atoms with Gasteiger partial charge in [0.2, 0.25) is 5.95 Å². The molecule has 1 saturated carbocycles. The summed E-state index contributed by atoms with van der Waals surface area (Å²) >= 11 is 0. The first kappa shape index (κ1) is 24.4. The van der Waals surface area contributed by atoms with Crippen molar-refractivity contribution < 1.29 is 27.2 Å². The van der Waals surface area contributed by atoms with Crippen molar-refractivity contribution in [1.29, 1.82) is 0 Å². The number of hydrogen-bond donors (Lipinski definition) is 3. The van der Waals surface area contributed by atoms with E-state index in [9.17, 15) is 27.2 Å². The van der Waals surface area contributed by atoms with Gasteiger partial charge in [0.05, 0.1) is 23.4 Å². The molecule has 0 spiro atoms. The molecule has 1 aromatic carbocycles. The Balaban J connectivity index is 1.81. The Hall–Kier alpha value is -2.71. The smallest absolute Gasteiger partial charge is 0.394 e. The highest BCUT2D eigenvalue weighted by Crippen LogP contribution is 2.47. The zero-order chi connectivity index (χ0) is 24.9. The quantitative estimate of drug-likeness (QED) is 0.251. The van der Waals surface area contributed by atoms with Gasteiger partial charge >= 0.3 is 6.18 Å². The fourth-order valence-electron chi connectivity index (χ4n) is 4.60. The van der Waals surface area contributed by atoms with Gasteiger partial charge in [-0.25, -0.2) is 14.4 Å². The van der Waals surface area contributed by atoms with Crippen LogP contribution in [0, 0.1) is 0 Å². The first-order valence-electron chi connectivity index (χ1n) is 10.6. The van der Waals surface area contributed by atoms with Crippen LogP contribution in [0.15, 0.2) is 42.7 Å². The van der Waals surface area contributed by atoms with E-state index in [2.05, 4.69) is 20.3 Å². The van der Waals surface area contributed by atoms with Crippen LogP contribution in [0.5, 0.6) is 0 Å². The Morgan fingerprint density at radius 1 is 1.29 bits per heavy atom. The predicted molar refractivity (Wildman–Crippen MR) is 125 cm³/mol. The second-order valence-electron chi connectivity index (χ2n) is 9.16. The normalized spacial score (nSPS) is 23.4. The standard InChI is InChI=1S/C23H25F4N4O2P/c1-4-8-21(24)11-22(12-21,13-32)31-20-29-10-16(23(25,26)27)18(30-20)15-9-28-19-14(15)6-5-7-17(19)34(2,3)33/h4-10,28,32H,11-13H2,1-3H3,(H,29,30,31)/b8-4+. The summed E-state index contributed by atoms with van der Waals surface area (Å²) in [5, 5.41) is 13.7. The first-order chi connectivity index (χ1) is 15.8. The number of hydrogen-bond acceptors (Lipinski definition) is 5. The predicted octanol–water partition coefficient (Wildman–Crippen LogP) is 5.11. The van der Waals surface area contributed by atoms with Gasteiger partial charge < -0.3 is 20.0 Å². The number of aliphatic hydroxyl groups excluding tert-OH is 1. The molecule has 0 amide bonds. The lowest BCUT2D eigenvalue weighted by molar-refractivity contribution is -0.137. The highest BCUT2D eigenvalue weighted by molar-refractivity contribution is 7.70. The lowest BCUT2D eigenvalue weighted by Crippen LogP contribution is -2.60. The number of rotatable bonds is 6. The van der Waals surface area contributed by atoms with Crippen molar-refractivity contribution in [3.05, 3.63) is 48.3 Å². The van der Waals surface area contributed by atoms with Crippen LogP contribution >= 0.6 is 7.14 Å². The van der Waals surface area contributed by atoms with Crippen molar-refractivity contribution >= 4 is 29.3 Å². The van der Waals surface area contributed by atoms with Crippen LogP contribution in [0.2, 0.25) is 0 Å². The largest absolute Gasteiger partial charge is 0.419 e. The number of aliphatic hydroxyl groups is 1. The molecule has 0 unspecified atom stereocenters. The maximum Gasteiger partial charge on any atom is 0.419 e. The van der Waals surface area contributed by atoms with Crippen LogP contribution in [0.4, 0.5) is 23.5 Å². The Morgan fingerprint density at radius 3 is 2.59 bits per heavy atom. The summed E-state index contributed by atoms with van der Waals surface area (Å²) in [7, 11) is -2.71. The second-order valence-corrected chi connectivity index (χ2v) is 12.3. The minimum atomic E-state index is -4.73. The molecule has 34 heavy (non-hydrogen) atoms. The summed E-state index contributed by atoms with van der Waals surface area (Å²) in [4.78, 5) is 10.9. The summed E-state index contributed by atoms with van der Waals surface area (Å²) in [6.07, 6.45) is 0.172. The number of benzene rings is 1. The van der Waals surface area contributed by atoms with Crippen LogP contribution in [-0.4, -0.2) is 51.2 Å². The van der Waals surface area contributed by atoms with Gasteiger partial charge in [0, 0.05) is 41.5 Å². The molecular weight excluding hydrogens is 471 g/mol. The number of para-hydroxylation sites is 1. The van der Waals surface area contributed by atoms with Crippen molar-refractivity contribution in [1.82, 2.24) is 15.0 Å². The minimum absolute atomic E-state index is 0.0702. The van der Waals surface area contributed by atoms with Crippen LogP contribution in [0.25, 0.3) is 22.2 Å². The van der Waals surface area contributed by atoms with Crippen LogP contribution in [-0.2, 0) is 10.7 Å². The number of halogens is 4. The van der Waals surface area contributed by atoms with Gasteiger partial charge in [0.25, 0.3) is 0 Å². The molecule has 6 nitrogen and oxygen atoms in total. The average molecular weight is 496 g/mol. The minimum Gasteiger partial charge on any atom is -0.394 e. The molecule has 11 heteroatoms. The monoisotopic (exact) mass is 496 g/mol. The van der Waals surface area contributed by atoms with Crippen molar-refractivity contribution in [3.8, 4) is 11.3 Å². The Bertz CT molecular complexity index is 1310. The number of H-pyrrole nitrogens is 1. The molecule has 0 radical (unpaired) electrons. The number of alkyl halides is 4. The van der Waals surface area contributed by atoms with Crippen molar-refractivity contribution in [2.45, 2.75) is 37.1 Å². The van der Waals surface area contributed by atoms with Crippen molar-refractivity contribution in [2.24, 2.45) is 0 Å². The number of nitrogens with zero attached hydrogens (tertiary/aromatic N) is 2. The lowest BCUT2D eigenvalue weighted by Gasteiger charge is -2.49. The number of anilines is 1. The van der Waals surface area contributed by atoms with Crippen LogP contribution in [0.1, 0.15) is 25.3 Å². The number of allylic oxidation sites excluding steroid dienone is 2. The summed E-state index contributed by atoms with van der Waals surface area (Å²) in [6, 6.07) is 4.95. The van der Waals surface area contributed by atoms with E-state index in [1.54, 1.807) is 44.5 Å². The SMILES string of the molecule is C/C=C/C1(F)CC(CO)(Nc2ncc(C(F)(F)F)c(-c3c[nH]c4c(P(C)(C)=O)cccc34)n2)C1. The molecule has 0 saturated heterocycles. The van der Waals surface area contributed by atoms with Gasteiger partial charge in [-0.15, -0.1) is 0 Å². The van der Waals surface area contributed by atoms with Gasteiger partial charge in [-0.1, -0.05) is 24.3 Å². The van der Waals surface area contributed by atoms with E-state index < -0.39 is 36.7 Å². The molecule has 1 aliphatic carbocycles. The zero-order valence-electron chi connectivity index (χ0n) is 18.9. The third-order valence-corrected chi connectivity index (χ3v) is 7.57. The Labute approximate surface area is 193 Å². The van der Waals surface area contributed by atoms with E-state index >= 15 is 0 Å². The molecule has 0 bridgehead atoms. The van der Waals surface area contributed by atoms with Gasteiger partial charge in [0.1, 0.15) is 18.4 Å². The highest BCUT2D eigenvalue weighted by Gasteiger charge is 2.54. The molecule has 2 aromatic heterocycles. The maximum atomic E-state index is 14.7. The molecule has 0 atom stereocenters. The molecule has 3 N–H and O–H groups in total. The number of aromatic amines is 1. The number of fused-ring (bicyclic) bond motifs is 1. The van der Waals surface area contributed by atoms with Gasteiger partial charge in [0.15, 0.2) is 0 Å². The van der Waals surface area contributed by atoms with E-state index in [-0.39, 0.29) is 30.0 Å². The molecule has 0 aliphatic heterocycles. The topological polar surface area (TPSA) is 90.9 Å². The van der Waals surface area contributed by atoms with Crippen LogP contribution < -0.4 is 10.6 Å². The number of nitrogens with one attached hydrogen (secondary N) is 2. The summed E-state index contributed by atoms with van der Waals surface area (Å²) in [5.74, 6) is -0.151.